The molecule has 0 N–H and O–H groups in total. The number of ketones is 1. The lowest BCUT2D eigenvalue weighted by Gasteiger charge is -2.09. The van der Waals surface area contributed by atoms with E-state index in [0.717, 1.165) is 21.8 Å². The molecule has 0 atom stereocenters. The maximum absolute atomic E-state index is 12.7. The number of rotatable bonds is 7. The average Bonchev–Trinajstić information content (AvgIpc) is 3.27. The van der Waals surface area contributed by atoms with E-state index in [1.807, 2.05) is 84.2 Å². The first kappa shape index (κ1) is 18.8. The van der Waals surface area contributed by atoms with E-state index in [4.69, 9.17) is 4.74 Å². The molecule has 0 aliphatic carbocycles. The zero-order valence-electron chi connectivity index (χ0n) is 15.7. The summed E-state index contributed by atoms with van der Waals surface area (Å²) in [4.78, 5) is 17.3. The normalized spacial score (nSPS) is 10.9. The standard InChI is InChI=1S/C25H19NO2S/c27-23(16-15-21-18-29-25(26-21)20-11-5-2-6-12-20)22-13-7-8-14-24(22)28-17-19-9-3-1-4-10-19/h1-16,18H,17H2/b16-15+. The molecule has 0 bridgehead atoms. The first-order valence-electron chi connectivity index (χ1n) is 9.29. The van der Waals surface area contributed by atoms with Crippen LogP contribution in [0.25, 0.3) is 16.6 Å². The second-order valence-corrected chi connectivity index (χ2v) is 7.27. The summed E-state index contributed by atoms with van der Waals surface area (Å²) < 4.78 is 5.89. The van der Waals surface area contributed by atoms with Gasteiger partial charge in [-0.15, -0.1) is 11.3 Å². The Kier molecular flexibility index (Phi) is 5.93. The molecule has 3 nitrogen and oxygen atoms in total. The maximum atomic E-state index is 12.7. The van der Waals surface area contributed by atoms with Crippen LogP contribution in [0, 0.1) is 0 Å². The second-order valence-electron chi connectivity index (χ2n) is 6.41. The molecule has 1 aromatic heterocycles. The van der Waals surface area contributed by atoms with E-state index in [-0.39, 0.29) is 5.78 Å². The molecule has 0 saturated heterocycles. The zero-order chi connectivity index (χ0) is 19.9. The zero-order valence-corrected chi connectivity index (χ0v) is 16.5. The Hall–Kier alpha value is -3.50. The molecule has 4 aromatic rings. The average molecular weight is 397 g/mol. The molecule has 29 heavy (non-hydrogen) atoms. The van der Waals surface area contributed by atoms with E-state index in [1.54, 1.807) is 29.6 Å². The highest BCUT2D eigenvalue weighted by Crippen LogP contribution is 2.24. The van der Waals surface area contributed by atoms with Crippen molar-refractivity contribution in [2.75, 3.05) is 0 Å². The molecule has 1 heterocycles. The lowest BCUT2D eigenvalue weighted by atomic mass is 10.1. The smallest absolute Gasteiger partial charge is 0.189 e. The maximum Gasteiger partial charge on any atom is 0.189 e. The first-order chi connectivity index (χ1) is 14.3. The van der Waals surface area contributed by atoms with E-state index in [2.05, 4.69) is 4.98 Å². The molecule has 4 rings (SSSR count). The fourth-order valence-electron chi connectivity index (χ4n) is 2.86. The minimum Gasteiger partial charge on any atom is -0.488 e. The highest BCUT2D eigenvalue weighted by Gasteiger charge is 2.10. The van der Waals surface area contributed by atoms with Gasteiger partial charge in [0.1, 0.15) is 17.4 Å². The predicted octanol–water partition coefficient (Wildman–Crippen LogP) is 6.29. The molecule has 0 spiro atoms. The number of nitrogens with zero attached hydrogens (tertiary/aromatic N) is 1. The molecular weight excluding hydrogens is 378 g/mol. The van der Waals surface area contributed by atoms with Gasteiger partial charge in [-0.2, -0.15) is 0 Å². The minimum atomic E-state index is -0.108. The van der Waals surface area contributed by atoms with Crippen LogP contribution in [-0.2, 0) is 6.61 Å². The van der Waals surface area contributed by atoms with Gasteiger partial charge in [0.25, 0.3) is 0 Å². The van der Waals surface area contributed by atoms with Gasteiger partial charge in [-0.05, 0) is 29.8 Å². The van der Waals surface area contributed by atoms with Crippen LogP contribution in [0.15, 0.2) is 96.4 Å². The van der Waals surface area contributed by atoms with Crippen molar-refractivity contribution in [2.45, 2.75) is 6.61 Å². The molecule has 3 aromatic carbocycles. The van der Waals surface area contributed by atoms with E-state index in [1.165, 1.54) is 0 Å². The van der Waals surface area contributed by atoms with Gasteiger partial charge in [-0.3, -0.25) is 4.79 Å². The molecule has 0 aliphatic heterocycles. The Morgan fingerprint density at radius 1 is 0.897 bits per heavy atom. The third-order valence-corrected chi connectivity index (χ3v) is 5.25. The second kappa shape index (κ2) is 9.13. The summed E-state index contributed by atoms with van der Waals surface area (Å²) in [6.45, 7) is 0.418. The third kappa shape index (κ3) is 4.86. The van der Waals surface area contributed by atoms with Crippen LogP contribution in [-0.4, -0.2) is 10.8 Å². The summed E-state index contributed by atoms with van der Waals surface area (Å²) in [5, 5.41) is 2.88. The largest absolute Gasteiger partial charge is 0.488 e. The van der Waals surface area contributed by atoms with Crippen molar-refractivity contribution in [1.29, 1.82) is 0 Å². The van der Waals surface area contributed by atoms with Crippen LogP contribution in [0.4, 0.5) is 0 Å². The fourth-order valence-corrected chi connectivity index (χ4v) is 3.65. The van der Waals surface area contributed by atoms with Gasteiger partial charge in [-0.1, -0.05) is 72.8 Å². The van der Waals surface area contributed by atoms with E-state index >= 15 is 0 Å². The highest BCUT2D eigenvalue weighted by molar-refractivity contribution is 7.13. The molecule has 0 aliphatic rings. The molecular formula is C25H19NO2S. The quantitative estimate of drug-likeness (QED) is 0.272. The number of hydrogen-bond acceptors (Lipinski definition) is 4. The highest BCUT2D eigenvalue weighted by atomic mass is 32.1. The van der Waals surface area contributed by atoms with E-state index in [0.29, 0.717) is 17.9 Å². The molecule has 0 amide bonds. The Balaban J connectivity index is 1.47. The van der Waals surface area contributed by atoms with Crippen molar-refractivity contribution in [3.63, 3.8) is 0 Å². The van der Waals surface area contributed by atoms with Crippen LogP contribution in [0.2, 0.25) is 0 Å². The molecule has 4 heteroatoms. The lowest BCUT2D eigenvalue weighted by molar-refractivity contribution is 0.104. The van der Waals surface area contributed by atoms with Crippen molar-refractivity contribution >= 4 is 23.2 Å². The summed E-state index contributed by atoms with van der Waals surface area (Å²) in [6.07, 6.45) is 3.30. The topological polar surface area (TPSA) is 39.2 Å². The Labute approximate surface area is 174 Å². The number of thiazole rings is 1. The monoisotopic (exact) mass is 397 g/mol. The molecule has 0 fully saturated rings. The first-order valence-corrected chi connectivity index (χ1v) is 10.2. The Morgan fingerprint density at radius 2 is 1.59 bits per heavy atom. The van der Waals surface area contributed by atoms with E-state index in [9.17, 15) is 4.79 Å². The van der Waals surface area contributed by atoms with Crippen LogP contribution in [0.1, 0.15) is 21.6 Å². The number of carbonyl (C=O) groups is 1. The molecule has 0 radical (unpaired) electrons. The Bertz CT molecular complexity index is 1120. The van der Waals surface area contributed by atoms with E-state index < -0.39 is 0 Å². The number of hydrogen-bond donors (Lipinski definition) is 0. The number of carbonyl (C=O) groups excluding carboxylic acids is 1. The summed E-state index contributed by atoms with van der Waals surface area (Å²) in [5.74, 6) is 0.470. The summed E-state index contributed by atoms with van der Waals surface area (Å²) >= 11 is 1.56. The predicted molar refractivity (Wildman–Crippen MR) is 118 cm³/mol. The van der Waals surface area contributed by atoms with Gasteiger partial charge in [0.05, 0.1) is 11.3 Å². The van der Waals surface area contributed by atoms with Crippen molar-refractivity contribution in [1.82, 2.24) is 4.98 Å². The van der Waals surface area contributed by atoms with Gasteiger partial charge < -0.3 is 4.74 Å². The number of allylic oxidation sites excluding steroid dienone is 1. The third-order valence-electron chi connectivity index (χ3n) is 4.34. The molecule has 142 valence electrons. The van der Waals surface area contributed by atoms with Crippen LogP contribution < -0.4 is 4.74 Å². The van der Waals surface area contributed by atoms with Gasteiger partial charge in [-0.25, -0.2) is 4.98 Å². The SMILES string of the molecule is O=C(/C=C/c1csc(-c2ccccc2)n1)c1ccccc1OCc1ccccc1. The molecule has 0 unspecified atom stereocenters. The van der Waals surface area contributed by atoms with Crippen molar-refractivity contribution in [3.8, 4) is 16.3 Å². The van der Waals surface area contributed by atoms with Crippen LogP contribution in [0.3, 0.4) is 0 Å². The van der Waals surface area contributed by atoms with Crippen LogP contribution >= 0.6 is 11.3 Å². The number of aromatic nitrogens is 1. The van der Waals surface area contributed by atoms with Gasteiger partial charge in [0.2, 0.25) is 0 Å². The lowest BCUT2D eigenvalue weighted by Crippen LogP contribution is -2.02. The van der Waals surface area contributed by atoms with Crippen molar-refractivity contribution < 1.29 is 9.53 Å². The summed E-state index contributed by atoms with van der Waals surface area (Å²) in [5.41, 5.74) is 3.44. The number of benzene rings is 3. The van der Waals surface area contributed by atoms with Crippen molar-refractivity contribution in [3.05, 3.63) is 113 Å². The van der Waals surface area contributed by atoms with Gasteiger partial charge in [0, 0.05) is 10.9 Å². The summed E-state index contributed by atoms with van der Waals surface area (Å²) in [7, 11) is 0. The van der Waals surface area contributed by atoms with Gasteiger partial charge in [0.15, 0.2) is 5.78 Å². The van der Waals surface area contributed by atoms with Crippen molar-refractivity contribution in [2.24, 2.45) is 0 Å². The minimum absolute atomic E-state index is 0.108. The number of para-hydroxylation sites is 1. The number of ether oxygens (including phenoxy) is 1. The summed E-state index contributed by atoms with van der Waals surface area (Å²) in [6, 6.07) is 27.2. The van der Waals surface area contributed by atoms with Gasteiger partial charge >= 0.3 is 0 Å². The molecule has 0 saturated carbocycles. The Morgan fingerprint density at radius 3 is 2.38 bits per heavy atom. The van der Waals surface area contributed by atoms with Crippen LogP contribution in [0.5, 0.6) is 5.75 Å². The fraction of sp³-hybridized carbons (Fsp3) is 0.0400.